The van der Waals surface area contributed by atoms with Crippen molar-refractivity contribution in [2.24, 2.45) is 0 Å². The number of halogens is 3. The Balaban J connectivity index is 0.00000181. The normalized spacial score (nSPS) is 11.0. The summed E-state index contributed by atoms with van der Waals surface area (Å²) in [6, 6.07) is 53.1. The number of fused-ring (bicyclic) bond motifs is 3. The van der Waals surface area contributed by atoms with Crippen LogP contribution in [-0.4, -0.2) is 13.7 Å². The molecule has 0 aliphatic heterocycles. The van der Waals surface area contributed by atoms with Crippen molar-refractivity contribution in [2.75, 3.05) is 0 Å². The Morgan fingerprint density at radius 3 is 0.883 bits per heavy atom. The second kappa shape index (κ2) is 19.2. The number of rotatable bonds is 12. The first-order valence-electron chi connectivity index (χ1n) is 19.8. The van der Waals surface area contributed by atoms with Crippen molar-refractivity contribution in [3.05, 3.63) is 235 Å². The molecule has 0 aliphatic carbocycles. The molecule has 3 aromatic heterocycles. The zero-order chi connectivity index (χ0) is 38.0. The van der Waals surface area contributed by atoms with E-state index in [1.165, 1.54) is 65.7 Å². The quantitative estimate of drug-likeness (QED) is 0.151. The average Bonchev–Trinajstić information content (AvgIpc) is 3.99. The van der Waals surface area contributed by atoms with Gasteiger partial charge in [0.1, 0.15) is 76.4 Å². The number of aromatic nitrogens is 6. The first kappa shape index (κ1) is 42.5. The van der Waals surface area contributed by atoms with Gasteiger partial charge in [-0.2, -0.15) is 0 Å². The van der Waals surface area contributed by atoms with Gasteiger partial charge in [-0.25, -0.2) is 27.4 Å². The number of hydrogen-bond acceptors (Lipinski definition) is 0. The summed E-state index contributed by atoms with van der Waals surface area (Å²) in [4.78, 5) is 0. The lowest BCUT2D eigenvalue weighted by molar-refractivity contribution is -0.689. The van der Waals surface area contributed by atoms with Crippen LogP contribution in [0.2, 0.25) is 0 Å². The van der Waals surface area contributed by atoms with E-state index in [2.05, 4.69) is 229 Å². The Morgan fingerprint density at radius 1 is 0.300 bits per heavy atom. The molecule has 0 atom stereocenters. The van der Waals surface area contributed by atoms with E-state index in [4.69, 9.17) is 0 Å². The van der Waals surface area contributed by atoms with Crippen molar-refractivity contribution in [2.45, 2.75) is 39.3 Å². The predicted molar refractivity (Wildman–Crippen MR) is 227 cm³/mol. The van der Waals surface area contributed by atoms with Crippen LogP contribution in [0.4, 0.5) is 0 Å². The van der Waals surface area contributed by atoms with Gasteiger partial charge in [-0.05, 0) is 102 Å². The van der Waals surface area contributed by atoms with Gasteiger partial charge < -0.3 is 50.9 Å². The molecular formula is C51H45Br3N6. The lowest BCUT2D eigenvalue weighted by Gasteiger charge is -2.08. The van der Waals surface area contributed by atoms with Gasteiger partial charge in [-0.15, -0.1) is 0 Å². The monoisotopic (exact) mass is 978 g/mol. The van der Waals surface area contributed by atoms with E-state index < -0.39 is 0 Å². The van der Waals surface area contributed by atoms with E-state index in [1.54, 1.807) is 0 Å². The molecule has 0 saturated heterocycles. The lowest BCUT2D eigenvalue weighted by atomic mass is 10.0. The van der Waals surface area contributed by atoms with Crippen LogP contribution in [0, 0.1) is 0 Å². The Kier molecular flexibility index (Phi) is 13.6. The molecule has 10 aromatic rings. The number of nitrogens with zero attached hydrogens (tertiary/aromatic N) is 6. The molecule has 0 aliphatic rings. The molecule has 9 heteroatoms. The summed E-state index contributed by atoms with van der Waals surface area (Å²) in [6.07, 6.45) is 19.8. The van der Waals surface area contributed by atoms with E-state index in [9.17, 15) is 0 Å². The van der Waals surface area contributed by atoms with E-state index in [0.717, 1.165) is 39.3 Å². The third kappa shape index (κ3) is 10.0. The maximum absolute atomic E-state index is 2.38. The number of imidazole rings is 3. The molecule has 0 radical (unpaired) electrons. The zero-order valence-corrected chi connectivity index (χ0v) is 37.9. The van der Waals surface area contributed by atoms with Crippen LogP contribution in [-0.2, 0) is 39.3 Å². The first-order chi connectivity index (χ1) is 28.1. The maximum Gasteiger partial charge on any atom is 0.244 e. The SMILES string of the molecule is [Br-].[Br-].[Br-].c1ccc2cc(Cn3cc[n+](Cc4cc(C[n+]5ccn(Cc6ccc7ccccc7c6)c5)cc(C[n+]5ccn(Cc6ccc7ccccc7c6)c5)c4)c3)ccc2c1. The highest BCUT2D eigenvalue weighted by molar-refractivity contribution is 5.84. The molecule has 0 amide bonds. The van der Waals surface area contributed by atoms with Crippen LogP contribution in [0.5, 0.6) is 0 Å². The number of hydrogen-bond donors (Lipinski definition) is 0. The molecule has 0 fully saturated rings. The van der Waals surface area contributed by atoms with Gasteiger partial charge in [-0.1, -0.05) is 109 Å². The Morgan fingerprint density at radius 2 is 0.583 bits per heavy atom. The highest BCUT2D eigenvalue weighted by atomic mass is 79.9. The van der Waals surface area contributed by atoms with E-state index in [0.29, 0.717) is 0 Å². The molecule has 0 spiro atoms. The lowest BCUT2D eigenvalue weighted by Crippen LogP contribution is -3.00. The highest BCUT2D eigenvalue weighted by Gasteiger charge is 2.14. The average molecular weight is 982 g/mol. The van der Waals surface area contributed by atoms with Gasteiger partial charge in [0, 0.05) is 0 Å². The molecule has 7 aromatic carbocycles. The molecule has 60 heavy (non-hydrogen) atoms. The summed E-state index contributed by atoms with van der Waals surface area (Å²) < 4.78 is 13.7. The van der Waals surface area contributed by atoms with Gasteiger partial charge in [0.15, 0.2) is 0 Å². The highest BCUT2D eigenvalue weighted by Crippen LogP contribution is 2.19. The fourth-order valence-electron chi connectivity index (χ4n) is 8.27. The topological polar surface area (TPSA) is 26.4 Å². The van der Waals surface area contributed by atoms with E-state index in [1.807, 2.05) is 0 Å². The Bertz CT molecular complexity index is 2680. The van der Waals surface area contributed by atoms with E-state index >= 15 is 0 Å². The Labute approximate surface area is 382 Å². The van der Waals surface area contributed by atoms with Crippen molar-refractivity contribution in [3.63, 3.8) is 0 Å². The van der Waals surface area contributed by atoms with Crippen molar-refractivity contribution in [1.29, 1.82) is 0 Å². The van der Waals surface area contributed by atoms with Gasteiger partial charge in [0.05, 0.1) is 0 Å². The van der Waals surface area contributed by atoms with Gasteiger partial charge >= 0.3 is 0 Å². The first-order valence-corrected chi connectivity index (χ1v) is 19.8. The van der Waals surface area contributed by atoms with Crippen molar-refractivity contribution < 1.29 is 64.6 Å². The zero-order valence-electron chi connectivity index (χ0n) is 33.1. The van der Waals surface area contributed by atoms with Gasteiger partial charge in [0.2, 0.25) is 19.0 Å². The van der Waals surface area contributed by atoms with Crippen LogP contribution >= 0.6 is 0 Å². The third-order valence-electron chi connectivity index (χ3n) is 11.0. The van der Waals surface area contributed by atoms with Crippen molar-refractivity contribution in [1.82, 2.24) is 13.7 Å². The minimum atomic E-state index is 0. The van der Waals surface area contributed by atoms with Crippen LogP contribution < -0.4 is 64.6 Å². The summed E-state index contributed by atoms with van der Waals surface area (Å²) in [5.41, 5.74) is 7.79. The van der Waals surface area contributed by atoms with Crippen LogP contribution in [0.1, 0.15) is 33.4 Å². The van der Waals surface area contributed by atoms with E-state index in [-0.39, 0.29) is 50.9 Å². The molecule has 300 valence electrons. The van der Waals surface area contributed by atoms with Crippen LogP contribution in [0.25, 0.3) is 32.3 Å². The van der Waals surface area contributed by atoms with Gasteiger partial charge in [0.25, 0.3) is 0 Å². The molecule has 0 N–H and O–H groups in total. The molecule has 10 rings (SSSR count). The fourth-order valence-corrected chi connectivity index (χ4v) is 8.27. The number of benzene rings is 7. The molecular weight excluding hydrogens is 936 g/mol. The second-order valence-electron chi connectivity index (χ2n) is 15.5. The fraction of sp³-hybridized carbons (Fsp3) is 0.118. The summed E-state index contributed by atoms with van der Waals surface area (Å²) >= 11 is 0. The summed E-state index contributed by atoms with van der Waals surface area (Å²) in [6.45, 7) is 4.90. The minimum Gasteiger partial charge on any atom is -1.00 e. The largest absolute Gasteiger partial charge is 1.00 e. The maximum atomic E-state index is 2.38. The minimum absolute atomic E-state index is 0. The molecule has 0 unspecified atom stereocenters. The predicted octanol–water partition coefficient (Wildman–Crippen LogP) is -0.285. The standard InChI is InChI=1S/C51H45N6.3BrH/c1-4-10-49-28-40(13-16-46(49)7-1)31-52-19-22-55(37-52)34-43-25-44(35-56-23-20-53(38-56)32-41-14-17-47-8-2-5-11-50(47)29-41)27-45(26-43)36-57-24-21-54(39-57)33-42-15-18-48-9-3-6-12-51(48)30-42;;;/h1-30,37-39H,31-36H2;3*1H/q+3;;;/p-3. The molecule has 6 nitrogen and oxygen atoms in total. The third-order valence-corrected chi connectivity index (χ3v) is 11.0. The Hall–Kier alpha value is -5.61. The molecule has 0 saturated carbocycles. The van der Waals surface area contributed by atoms with Crippen molar-refractivity contribution >= 4 is 32.3 Å². The summed E-state index contributed by atoms with van der Waals surface area (Å²) in [5.74, 6) is 0. The molecule has 3 heterocycles. The van der Waals surface area contributed by atoms with Crippen LogP contribution in [0.15, 0.2) is 202 Å². The van der Waals surface area contributed by atoms with Crippen LogP contribution in [0.3, 0.4) is 0 Å². The second-order valence-corrected chi connectivity index (χ2v) is 15.5. The molecule has 0 bridgehead atoms. The van der Waals surface area contributed by atoms with Gasteiger partial charge in [-0.3, -0.25) is 0 Å². The van der Waals surface area contributed by atoms with Crippen molar-refractivity contribution in [3.8, 4) is 0 Å². The summed E-state index contributed by atoms with van der Waals surface area (Å²) in [7, 11) is 0. The smallest absolute Gasteiger partial charge is 0.244 e. The summed E-state index contributed by atoms with van der Waals surface area (Å²) in [5, 5.41) is 7.67.